The molecule has 1 amide bonds. The summed E-state index contributed by atoms with van der Waals surface area (Å²) in [6.45, 7) is 5.92. The Bertz CT molecular complexity index is 681. The lowest BCUT2D eigenvalue weighted by atomic mass is 9.95. The fraction of sp³-hybridized carbons (Fsp3) is 0.444. The number of hydrogen-bond acceptors (Lipinski definition) is 4. The first-order chi connectivity index (χ1) is 11.9. The van der Waals surface area contributed by atoms with Gasteiger partial charge < -0.3 is 15.2 Å². The Balaban J connectivity index is 1.72. The molecule has 0 aliphatic heterocycles. The monoisotopic (exact) mass is 349 g/mol. The summed E-state index contributed by atoms with van der Waals surface area (Å²) in [5.41, 5.74) is 2.91. The molecule has 1 heterocycles. The predicted octanol–water partition coefficient (Wildman–Crippen LogP) is 2.22. The minimum atomic E-state index is -0.846. The first-order valence-electron chi connectivity index (χ1n) is 8.21. The SMILES string of the molecule is Cc1n[nH]c(C)c1C(C)CC(=O)NCC(O)COc1ccc(F)cc1. The van der Waals surface area contributed by atoms with Gasteiger partial charge in [0, 0.05) is 18.7 Å². The number of hydrogen-bond donors (Lipinski definition) is 3. The van der Waals surface area contributed by atoms with Crippen LogP contribution in [0.4, 0.5) is 4.39 Å². The first-order valence-corrected chi connectivity index (χ1v) is 8.21. The molecule has 3 N–H and O–H groups in total. The second-order valence-electron chi connectivity index (χ2n) is 6.18. The van der Waals surface area contributed by atoms with E-state index in [1.54, 1.807) is 0 Å². The molecule has 1 aromatic heterocycles. The topological polar surface area (TPSA) is 87.2 Å². The third-order valence-electron chi connectivity index (χ3n) is 3.96. The highest BCUT2D eigenvalue weighted by Crippen LogP contribution is 2.24. The molecule has 2 rings (SSSR count). The van der Waals surface area contributed by atoms with Crippen molar-refractivity contribution in [2.24, 2.45) is 0 Å². The average molecular weight is 349 g/mol. The molecular weight excluding hydrogens is 325 g/mol. The molecule has 136 valence electrons. The summed E-state index contributed by atoms with van der Waals surface area (Å²) in [6, 6.07) is 5.53. The lowest BCUT2D eigenvalue weighted by Crippen LogP contribution is -2.35. The van der Waals surface area contributed by atoms with Crippen LogP contribution in [0.3, 0.4) is 0 Å². The van der Waals surface area contributed by atoms with E-state index < -0.39 is 6.10 Å². The number of aliphatic hydroxyl groups is 1. The highest BCUT2D eigenvalue weighted by Gasteiger charge is 2.18. The van der Waals surface area contributed by atoms with E-state index in [4.69, 9.17) is 4.74 Å². The Labute approximate surface area is 146 Å². The van der Waals surface area contributed by atoms with Gasteiger partial charge in [-0.25, -0.2) is 4.39 Å². The molecule has 0 spiro atoms. The number of benzene rings is 1. The largest absolute Gasteiger partial charge is 0.491 e. The van der Waals surface area contributed by atoms with Crippen LogP contribution < -0.4 is 10.1 Å². The number of aromatic nitrogens is 2. The van der Waals surface area contributed by atoms with E-state index in [-0.39, 0.29) is 30.8 Å². The predicted molar refractivity (Wildman–Crippen MR) is 92.0 cm³/mol. The van der Waals surface area contributed by atoms with Crippen LogP contribution in [0, 0.1) is 19.7 Å². The van der Waals surface area contributed by atoms with Crippen molar-refractivity contribution < 1.29 is 19.0 Å². The van der Waals surface area contributed by atoms with Crippen molar-refractivity contribution in [2.45, 2.75) is 39.2 Å². The number of amides is 1. The zero-order valence-electron chi connectivity index (χ0n) is 14.7. The van der Waals surface area contributed by atoms with Crippen LogP contribution in [0.1, 0.15) is 36.2 Å². The van der Waals surface area contributed by atoms with Crippen molar-refractivity contribution in [1.29, 1.82) is 0 Å². The van der Waals surface area contributed by atoms with Gasteiger partial charge in [0.15, 0.2) is 0 Å². The molecule has 2 unspecified atom stereocenters. The number of halogens is 1. The second-order valence-corrected chi connectivity index (χ2v) is 6.18. The van der Waals surface area contributed by atoms with E-state index in [0.717, 1.165) is 17.0 Å². The van der Waals surface area contributed by atoms with Gasteiger partial charge in [-0.15, -0.1) is 0 Å². The maximum absolute atomic E-state index is 12.8. The fourth-order valence-corrected chi connectivity index (χ4v) is 2.75. The summed E-state index contributed by atoms with van der Waals surface area (Å²) in [6.07, 6.45) is -0.533. The Morgan fingerprint density at radius 3 is 2.64 bits per heavy atom. The summed E-state index contributed by atoms with van der Waals surface area (Å²) in [4.78, 5) is 12.1. The number of aliphatic hydroxyl groups excluding tert-OH is 1. The average Bonchev–Trinajstić information content (AvgIpc) is 2.91. The van der Waals surface area contributed by atoms with Crippen molar-refractivity contribution >= 4 is 5.91 Å². The van der Waals surface area contributed by atoms with E-state index in [0.29, 0.717) is 12.2 Å². The Kier molecular flexibility index (Phi) is 6.52. The number of carbonyl (C=O) groups excluding carboxylic acids is 1. The normalized spacial score (nSPS) is 13.3. The molecule has 0 saturated carbocycles. The van der Waals surface area contributed by atoms with E-state index in [2.05, 4.69) is 15.5 Å². The van der Waals surface area contributed by atoms with Crippen LogP contribution in [0.15, 0.2) is 24.3 Å². The van der Waals surface area contributed by atoms with Crippen molar-refractivity contribution in [1.82, 2.24) is 15.5 Å². The summed E-state index contributed by atoms with van der Waals surface area (Å²) < 4.78 is 18.1. The van der Waals surface area contributed by atoms with Gasteiger partial charge in [0.25, 0.3) is 0 Å². The van der Waals surface area contributed by atoms with Crippen molar-refractivity contribution in [3.05, 3.63) is 47.0 Å². The number of H-pyrrole nitrogens is 1. The summed E-state index contributed by atoms with van der Waals surface area (Å²) in [5.74, 6) is 0.00312. The standard InChI is InChI=1S/C18H24FN3O3/c1-11(18-12(2)21-22-13(18)3)8-17(24)20-9-15(23)10-25-16-6-4-14(19)5-7-16/h4-7,11,15,23H,8-10H2,1-3H3,(H,20,24)(H,21,22). The minimum Gasteiger partial charge on any atom is -0.491 e. The van der Waals surface area contributed by atoms with Crippen LogP contribution in [-0.4, -0.2) is 40.5 Å². The number of ether oxygens (including phenoxy) is 1. The molecule has 7 heteroatoms. The Morgan fingerprint density at radius 2 is 2.04 bits per heavy atom. The van der Waals surface area contributed by atoms with Crippen LogP contribution in [-0.2, 0) is 4.79 Å². The van der Waals surface area contributed by atoms with Gasteiger partial charge in [-0.05, 0) is 49.6 Å². The number of nitrogens with zero attached hydrogens (tertiary/aromatic N) is 1. The van der Waals surface area contributed by atoms with Gasteiger partial charge >= 0.3 is 0 Å². The number of carbonyl (C=O) groups is 1. The van der Waals surface area contributed by atoms with Crippen molar-refractivity contribution in [2.75, 3.05) is 13.2 Å². The van der Waals surface area contributed by atoms with E-state index >= 15 is 0 Å². The quantitative estimate of drug-likeness (QED) is 0.682. The maximum Gasteiger partial charge on any atom is 0.220 e. The van der Waals surface area contributed by atoms with Gasteiger partial charge in [-0.3, -0.25) is 9.89 Å². The molecule has 1 aromatic carbocycles. The molecule has 6 nitrogen and oxygen atoms in total. The molecule has 0 fully saturated rings. The number of aryl methyl sites for hydroxylation is 2. The maximum atomic E-state index is 12.8. The molecule has 0 radical (unpaired) electrons. The van der Waals surface area contributed by atoms with E-state index in [1.165, 1.54) is 24.3 Å². The fourth-order valence-electron chi connectivity index (χ4n) is 2.75. The van der Waals surface area contributed by atoms with Gasteiger partial charge in [0.1, 0.15) is 24.3 Å². The number of nitrogens with one attached hydrogen (secondary N) is 2. The van der Waals surface area contributed by atoms with E-state index in [9.17, 15) is 14.3 Å². The first kappa shape index (κ1) is 18.9. The van der Waals surface area contributed by atoms with Gasteiger partial charge in [-0.2, -0.15) is 5.10 Å². The molecule has 2 atom stereocenters. The zero-order chi connectivity index (χ0) is 18.4. The van der Waals surface area contributed by atoms with Crippen molar-refractivity contribution in [3.63, 3.8) is 0 Å². The molecule has 0 saturated heterocycles. The Hall–Kier alpha value is -2.41. The van der Waals surface area contributed by atoms with Crippen LogP contribution in [0.2, 0.25) is 0 Å². The van der Waals surface area contributed by atoms with Gasteiger partial charge in [0.05, 0.1) is 5.69 Å². The minimum absolute atomic E-state index is 0.0153. The third-order valence-corrected chi connectivity index (χ3v) is 3.96. The van der Waals surface area contributed by atoms with Gasteiger partial charge in [-0.1, -0.05) is 6.92 Å². The number of rotatable bonds is 8. The molecule has 2 aromatic rings. The highest BCUT2D eigenvalue weighted by atomic mass is 19.1. The third kappa shape index (κ3) is 5.56. The lowest BCUT2D eigenvalue weighted by molar-refractivity contribution is -0.121. The lowest BCUT2D eigenvalue weighted by Gasteiger charge is -2.15. The molecule has 0 aliphatic rings. The van der Waals surface area contributed by atoms with Crippen LogP contribution in [0.5, 0.6) is 5.75 Å². The second kappa shape index (κ2) is 8.62. The van der Waals surface area contributed by atoms with Crippen LogP contribution in [0.25, 0.3) is 0 Å². The molecular formula is C18H24FN3O3. The molecule has 25 heavy (non-hydrogen) atoms. The summed E-state index contributed by atoms with van der Waals surface area (Å²) >= 11 is 0. The van der Waals surface area contributed by atoms with E-state index in [1.807, 2.05) is 20.8 Å². The number of aromatic amines is 1. The summed E-state index contributed by atoms with van der Waals surface area (Å²) in [7, 11) is 0. The summed E-state index contributed by atoms with van der Waals surface area (Å²) in [5, 5.41) is 19.6. The van der Waals surface area contributed by atoms with Crippen LogP contribution >= 0.6 is 0 Å². The van der Waals surface area contributed by atoms with Gasteiger partial charge in [0.2, 0.25) is 5.91 Å². The molecule has 0 aliphatic carbocycles. The zero-order valence-corrected chi connectivity index (χ0v) is 14.7. The van der Waals surface area contributed by atoms with Crippen molar-refractivity contribution in [3.8, 4) is 5.75 Å². The highest BCUT2D eigenvalue weighted by molar-refractivity contribution is 5.76. The smallest absolute Gasteiger partial charge is 0.220 e. The molecule has 0 bridgehead atoms. The Morgan fingerprint density at radius 1 is 1.36 bits per heavy atom.